The molecule has 0 spiro atoms. The third-order valence-corrected chi connectivity index (χ3v) is 4.31. The molecule has 1 aliphatic rings. The zero-order chi connectivity index (χ0) is 15.8. The van der Waals surface area contributed by atoms with E-state index in [-0.39, 0.29) is 0 Å². The fourth-order valence-electron chi connectivity index (χ4n) is 3.19. The fourth-order valence-corrected chi connectivity index (χ4v) is 3.19. The highest BCUT2D eigenvalue weighted by Gasteiger charge is 2.28. The number of benzene rings is 1. The van der Waals surface area contributed by atoms with Crippen molar-refractivity contribution in [2.75, 3.05) is 11.4 Å². The normalized spacial score (nSPS) is 13.8. The number of aromatic nitrogens is 3. The van der Waals surface area contributed by atoms with Gasteiger partial charge in [0.25, 0.3) is 0 Å². The van der Waals surface area contributed by atoms with Gasteiger partial charge in [-0.2, -0.15) is 9.61 Å². The molecule has 0 fully saturated rings. The number of fused-ring (bicyclic) bond motifs is 3. The summed E-state index contributed by atoms with van der Waals surface area (Å²) < 4.78 is 7.88. The van der Waals surface area contributed by atoms with Crippen molar-refractivity contribution in [2.45, 2.75) is 32.9 Å². The number of hydrogen-bond donors (Lipinski definition) is 0. The minimum absolute atomic E-state index is 0.439. The monoisotopic (exact) mass is 308 g/mol. The molecule has 3 heterocycles. The van der Waals surface area contributed by atoms with Crippen LogP contribution in [0.25, 0.3) is 5.65 Å². The first-order valence-electron chi connectivity index (χ1n) is 8.04. The van der Waals surface area contributed by atoms with Crippen LogP contribution < -0.4 is 9.64 Å². The Bertz CT molecular complexity index is 826. The standard InChI is InChI=1S/C18H20N4O/c1-13(2)21-11-9-15-16(12-23-14-6-4-3-5-7-14)20-17-8-10-19-22(17)18(15)21/h3-8,10,13H,9,11-12H2,1-2H3. The zero-order valence-electron chi connectivity index (χ0n) is 13.4. The van der Waals surface area contributed by atoms with Gasteiger partial charge in [0.2, 0.25) is 0 Å². The minimum Gasteiger partial charge on any atom is -0.487 e. The molecule has 0 saturated carbocycles. The van der Waals surface area contributed by atoms with Gasteiger partial charge in [0, 0.05) is 24.2 Å². The first-order chi connectivity index (χ1) is 11.2. The van der Waals surface area contributed by atoms with Crippen LogP contribution in [0.3, 0.4) is 0 Å². The molecule has 0 bridgehead atoms. The number of hydrogen-bond acceptors (Lipinski definition) is 4. The van der Waals surface area contributed by atoms with Crippen LogP contribution in [0.2, 0.25) is 0 Å². The molecule has 2 aromatic heterocycles. The van der Waals surface area contributed by atoms with Gasteiger partial charge in [0.05, 0.1) is 11.9 Å². The van der Waals surface area contributed by atoms with E-state index in [9.17, 15) is 0 Å². The number of rotatable bonds is 4. The minimum atomic E-state index is 0.439. The summed E-state index contributed by atoms with van der Waals surface area (Å²) in [6.45, 7) is 5.92. The maximum atomic E-state index is 5.93. The maximum Gasteiger partial charge on any atom is 0.157 e. The molecule has 118 valence electrons. The van der Waals surface area contributed by atoms with Crippen molar-refractivity contribution in [3.63, 3.8) is 0 Å². The second-order valence-corrected chi connectivity index (χ2v) is 6.10. The van der Waals surface area contributed by atoms with Gasteiger partial charge in [-0.25, -0.2) is 4.98 Å². The van der Waals surface area contributed by atoms with Crippen LogP contribution in [0.15, 0.2) is 42.6 Å². The molecular weight excluding hydrogens is 288 g/mol. The van der Waals surface area contributed by atoms with Crippen molar-refractivity contribution in [1.29, 1.82) is 0 Å². The molecule has 1 aliphatic heterocycles. The van der Waals surface area contributed by atoms with Gasteiger partial charge < -0.3 is 9.64 Å². The molecule has 0 N–H and O–H groups in total. The molecule has 0 saturated heterocycles. The highest BCUT2D eigenvalue weighted by Crippen LogP contribution is 2.32. The molecule has 1 aromatic carbocycles. The van der Waals surface area contributed by atoms with Crippen molar-refractivity contribution in [3.8, 4) is 5.75 Å². The van der Waals surface area contributed by atoms with Gasteiger partial charge in [-0.15, -0.1) is 0 Å². The van der Waals surface area contributed by atoms with Crippen LogP contribution in [0.5, 0.6) is 5.75 Å². The molecule has 5 nitrogen and oxygen atoms in total. The van der Waals surface area contributed by atoms with Gasteiger partial charge >= 0.3 is 0 Å². The smallest absolute Gasteiger partial charge is 0.157 e. The lowest BCUT2D eigenvalue weighted by molar-refractivity contribution is 0.300. The Labute approximate surface area is 135 Å². The SMILES string of the molecule is CC(C)N1CCc2c(COc3ccccc3)nc3ccnn3c21. The van der Waals surface area contributed by atoms with Gasteiger partial charge in [-0.05, 0) is 32.4 Å². The Kier molecular flexibility index (Phi) is 3.41. The number of nitrogens with zero attached hydrogens (tertiary/aromatic N) is 4. The van der Waals surface area contributed by atoms with E-state index in [1.54, 1.807) is 6.20 Å². The van der Waals surface area contributed by atoms with Gasteiger partial charge in [-0.1, -0.05) is 18.2 Å². The van der Waals surface area contributed by atoms with E-state index in [0.717, 1.165) is 30.1 Å². The maximum absolute atomic E-state index is 5.93. The molecule has 0 aliphatic carbocycles. The van der Waals surface area contributed by atoms with Crippen LogP contribution in [-0.2, 0) is 13.0 Å². The molecule has 3 aromatic rings. The lowest BCUT2D eigenvalue weighted by Gasteiger charge is -2.24. The number of anilines is 1. The highest BCUT2D eigenvalue weighted by molar-refractivity contribution is 5.60. The van der Waals surface area contributed by atoms with Crippen molar-refractivity contribution < 1.29 is 4.74 Å². The largest absolute Gasteiger partial charge is 0.487 e. The van der Waals surface area contributed by atoms with Crippen molar-refractivity contribution in [2.24, 2.45) is 0 Å². The predicted molar refractivity (Wildman–Crippen MR) is 89.9 cm³/mol. The number of ether oxygens (including phenoxy) is 1. The summed E-state index contributed by atoms with van der Waals surface area (Å²) in [5.74, 6) is 2.04. The van der Waals surface area contributed by atoms with E-state index in [4.69, 9.17) is 9.72 Å². The highest BCUT2D eigenvalue weighted by atomic mass is 16.5. The summed E-state index contributed by atoms with van der Waals surface area (Å²) in [6.07, 6.45) is 2.80. The molecule has 0 amide bonds. The van der Waals surface area contributed by atoms with Crippen molar-refractivity contribution in [1.82, 2.24) is 14.6 Å². The molecule has 0 unspecified atom stereocenters. The van der Waals surface area contributed by atoms with E-state index in [1.807, 2.05) is 40.9 Å². The second kappa shape index (κ2) is 5.57. The summed E-state index contributed by atoms with van der Waals surface area (Å²) in [7, 11) is 0. The van der Waals surface area contributed by atoms with Crippen LogP contribution in [0, 0.1) is 0 Å². The first kappa shape index (κ1) is 14.1. The van der Waals surface area contributed by atoms with Crippen LogP contribution >= 0.6 is 0 Å². The Morgan fingerprint density at radius 1 is 1.17 bits per heavy atom. The van der Waals surface area contributed by atoms with Crippen LogP contribution in [0.4, 0.5) is 5.82 Å². The predicted octanol–water partition coefficient (Wildman–Crippen LogP) is 3.08. The molecular formula is C18H20N4O. The van der Waals surface area contributed by atoms with E-state index >= 15 is 0 Å². The van der Waals surface area contributed by atoms with Gasteiger partial charge in [-0.3, -0.25) is 0 Å². The summed E-state index contributed by atoms with van der Waals surface area (Å²) in [5.41, 5.74) is 3.15. The third kappa shape index (κ3) is 2.42. The number of para-hydroxylation sites is 1. The Morgan fingerprint density at radius 2 is 2.00 bits per heavy atom. The lowest BCUT2D eigenvalue weighted by atomic mass is 10.2. The Morgan fingerprint density at radius 3 is 2.78 bits per heavy atom. The zero-order valence-corrected chi connectivity index (χ0v) is 13.4. The van der Waals surface area contributed by atoms with E-state index in [0.29, 0.717) is 12.6 Å². The van der Waals surface area contributed by atoms with Gasteiger partial charge in [0.15, 0.2) is 5.65 Å². The topological polar surface area (TPSA) is 42.7 Å². The van der Waals surface area contributed by atoms with E-state index < -0.39 is 0 Å². The second-order valence-electron chi connectivity index (χ2n) is 6.10. The quantitative estimate of drug-likeness (QED) is 0.743. The van der Waals surface area contributed by atoms with E-state index in [1.165, 1.54) is 11.4 Å². The molecule has 0 radical (unpaired) electrons. The summed E-state index contributed by atoms with van der Waals surface area (Å²) in [6, 6.07) is 12.3. The first-order valence-corrected chi connectivity index (χ1v) is 8.04. The van der Waals surface area contributed by atoms with Crippen LogP contribution in [0.1, 0.15) is 25.1 Å². The van der Waals surface area contributed by atoms with Crippen LogP contribution in [-0.4, -0.2) is 27.2 Å². The Balaban J connectivity index is 1.73. The van der Waals surface area contributed by atoms with Gasteiger partial charge in [0.1, 0.15) is 18.2 Å². The van der Waals surface area contributed by atoms with E-state index in [2.05, 4.69) is 23.8 Å². The van der Waals surface area contributed by atoms with Crippen molar-refractivity contribution >= 4 is 11.5 Å². The average Bonchev–Trinajstić information content (AvgIpc) is 3.19. The summed E-state index contributed by atoms with van der Waals surface area (Å²) >= 11 is 0. The summed E-state index contributed by atoms with van der Waals surface area (Å²) in [5, 5.41) is 4.45. The molecule has 0 atom stereocenters. The fraction of sp³-hybridized carbons (Fsp3) is 0.333. The molecule has 23 heavy (non-hydrogen) atoms. The third-order valence-electron chi connectivity index (χ3n) is 4.31. The average molecular weight is 308 g/mol. The molecule has 4 rings (SSSR count). The Hall–Kier alpha value is -2.56. The summed E-state index contributed by atoms with van der Waals surface area (Å²) in [4.78, 5) is 7.16. The van der Waals surface area contributed by atoms with Crippen molar-refractivity contribution in [3.05, 3.63) is 53.9 Å². The lowest BCUT2D eigenvalue weighted by Crippen LogP contribution is -2.30. The molecule has 5 heteroatoms.